The zero-order valence-electron chi connectivity index (χ0n) is 12.9. The number of fused-ring (bicyclic) bond motifs is 2. The molecule has 2 aliphatic rings. The number of anilines is 1. The normalized spacial score (nSPS) is 26.9. The van der Waals surface area contributed by atoms with Crippen molar-refractivity contribution >= 4 is 5.82 Å². The van der Waals surface area contributed by atoms with Crippen molar-refractivity contribution < 1.29 is 0 Å². The third-order valence-electron chi connectivity index (χ3n) is 4.94. The Hall–Kier alpha value is -1.13. The van der Waals surface area contributed by atoms with Crippen LogP contribution in [0.15, 0.2) is 12.3 Å². The van der Waals surface area contributed by atoms with Gasteiger partial charge in [-0.1, -0.05) is 0 Å². The summed E-state index contributed by atoms with van der Waals surface area (Å²) in [5.41, 5.74) is 2.57. The monoisotopic (exact) mass is 274 g/mol. The Bertz CT molecular complexity index is 474. The smallest absolute Gasteiger partial charge is 0.131 e. The molecule has 0 radical (unpaired) electrons. The maximum absolute atomic E-state index is 4.74. The molecule has 0 aliphatic carbocycles. The fourth-order valence-corrected chi connectivity index (χ4v) is 3.76. The molecule has 20 heavy (non-hydrogen) atoms. The van der Waals surface area contributed by atoms with E-state index in [2.05, 4.69) is 35.2 Å². The lowest BCUT2D eigenvalue weighted by Crippen LogP contribution is -2.37. The summed E-state index contributed by atoms with van der Waals surface area (Å²) in [6, 6.07) is 3.76. The number of aryl methyl sites for hydroxylation is 1. The lowest BCUT2D eigenvalue weighted by atomic mass is 10.1. The van der Waals surface area contributed by atoms with E-state index >= 15 is 0 Å². The van der Waals surface area contributed by atoms with Crippen molar-refractivity contribution in [2.45, 2.75) is 44.8 Å². The average Bonchev–Trinajstić information content (AvgIpc) is 2.65. The van der Waals surface area contributed by atoms with Crippen LogP contribution in [0.1, 0.15) is 30.4 Å². The first-order chi connectivity index (χ1) is 9.69. The third kappa shape index (κ3) is 2.54. The summed E-state index contributed by atoms with van der Waals surface area (Å²) in [5.74, 6) is 1.19. The number of nitrogens with one attached hydrogen (secondary N) is 1. The molecule has 0 saturated carbocycles. The minimum atomic E-state index is 0.709. The molecule has 4 nitrogen and oxygen atoms in total. The fourth-order valence-electron chi connectivity index (χ4n) is 3.76. The molecule has 2 unspecified atom stereocenters. The highest BCUT2D eigenvalue weighted by atomic mass is 15.3. The van der Waals surface area contributed by atoms with Crippen LogP contribution < -0.4 is 10.2 Å². The van der Waals surface area contributed by atoms with Crippen molar-refractivity contribution in [3.05, 3.63) is 23.4 Å². The van der Waals surface area contributed by atoms with Gasteiger partial charge in [-0.05, 0) is 57.5 Å². The minimum Gasteiger partial charge on any atom is -0.355 e. The second kappa shape index (κ2) is 5.70. The largest absolute Gasteiger partial charge is 0.355 e. The standard InChI is InChI=1S/C16H26N4/c1-12-8-13(9-17-2)10-18-16(12)20-7-6-14-4-5-15(11-20)19(14)3/h8,10,14-15,17H,4-7,9,11H2,1-3H3. The SMILES string of the molecule is CNCc1cnc(N2CCC3CCC(C2)N3C)c(C)c1. The summed E-state index contributed by atoms with van der Waals surface area (Å²) in [5, 5.41) is 3.19. The Balaban J connectivity index is 1.79. The van der Waals surface area contributed by atoms with Gasteiger partial charge in [0.25, 0.3) is 0 Å². The maximum atomic E-state index is 4.74. The Morgan fingerprint density at radius 3 is 2.85 bits per heavy atom. The first kappa shape index (κ1) is 13.8. The molecule has 2 bridgehead atoms. The predicted octanol–water partition coefficient (Wildman–Crippen LogP) is 1.78. The Kier molecular flexibility index (Phi) is 3.94. The third-order valence-corrected chi connectivity index (χ3v) is 4.94. The van der Waals surface area contributed by atoms with Gasteiger partial charge in [-0.2, -0.15) is 0 Å². The first-order valence-electron chi connectivity index (χ1n) is 7.76. The predicted molar refractivity (Wildman–Crippen MR) is 83.1 cm³/mol. The van der Waals surface area contributed by atoms with Crippen molar-refractivity contribution in [2.24, 2.45) is 0 Å². The van der Waals surface area contributed by atoms with Crippen LogP contribution in [-0.4, -0.2) is 49.2 Å². The van der Waals surface area contributed by atoms with E-state index in [9.17, 15) is 0 Å². The summed E-state index contributed by atoms with van der Waals surface area (Å²) in [7, 11) is 4.27. The van der Waals surface area contributed by atoms with Gasteiger partial charge in [-0.3, -0.25) is 4.90 Å². The van der Waals surface area contributed by atoms with E-state index in [1.807, 2.05) is 13.2 Å². The molecule has 0 spiro atoms. The Morgan fingerprint density at radius 2 is 2.10 bits per heavy atom. The van der Waals surface area contributed by atoms with Crippen LogP contribution in [0.25, 0.3) is 0 Å². The Labute approximate surface area is 122 Å². The van der Waals surface area contributed by atoms with Crippen LogP contribution in [-0.2, 0) is 6.54 Å². The minimum absolute atomic E-state index is 0.709. The van der Waals surface area contributed by atoms with E-state index in [4.69, 9.17) is 4.98 Å². The van der Waals surface area contributed by atoms with E-state index < -0.39 is 0 Å². The highest BCUT2D eigenvalue weighted by Crippen LogP contribution is 2.31. The van der Waals surface area contributed by atoms with Crippen LogP contribution in [0.5, 0.6) is 0 Å². The summed E-state index contributed by atoms with van der Waals surface area (Å²) < 4.78 is 0. The lowest BCUT2D eigenvalue weighted by Gasteiger charge is -2.28. The van der Waals surface area contributed by atoms with E-state index in [0.717, 1.165) is 25.7 Å². The molecule has 2 aliphatic heterocycles. The Morgan fingerprint density at radius 1 is 1.30 bits per heavy atom. The molecule has 3 rings (SSSR count). The first-order valence-corrected chi connectivity index (χ1v) is 7.76. The molecular weight excluding hydrogens is 248 g/mol. The van der Waals surface area contributed by atoms with E-state index in [0.29, 0.717) is 6.04 Å². The number of pyridine rings is 1. The van der Waals surface area contributed by atoms with Crippen molar-refractivity contribution in [2.75, 3.05) is 32.1 Å². The molecule has 2 saturated heterocycles. The van der Waals surface area contributed by atoms with Gasteiger partial charge in [0.05, 0.1) is 0 Å². The summed E-state index contributed by atoms with van der Waals surface area (Å²) >= 11 is 0. The van der Waals surface area contributed by atoms with Crippen LogP contribution in [0.3, 0.4) is 0 Å². The zero-order valence-corrected chi connectivity index (χ0v) is 12.9. The van der Waals surface area contributed by atoms with Gasteiger partial charge in [-0.25, -0.2) is 4.98 Å². The second-order valence-electron chi connectivity index (χ2n) is 6.30. The van der Waals surface area contributed by atoms with Gasteiger partial charge in [0.1, 0.15) is 5.82 Å². The summed E-state index contributed by atoms with van der Waals surface area (Å²) in [6.07, 6.45) is 6.01. The highest BCUT2D eigenvalue weighted by molar-refractivity contribution is 5.48. The number of aromatic nitrogens is 1. The molecule has 3 heterocycles. The number of likely N-dealkylation sites (N-methyl/N-ethyl adjacent to an activating group) is 1. The molecular formula is C16H26N4. The van der Waals surface area contributed by atoms with Crippen molar-refractivity contribution in [3.8, 4) is 0 Å². The van der Waals surface area contributed by atoms with E-state index in [1.165, 1.54) is 36.2 Å². The lowest BCUT2D eigenvalue weighted by molar-refractivity contribution is 0.254. The molecule has 1 N–H and O–H groups in total. The summed E-state index contributed by atoms with van der Waals surface area (Å²) in [6.45, 7) is 5.35. The van der Waals surface area contributed by atoms with Crippen LogP contribution in [0.2, 0.25) is 0 Å². The second-order valence-corrected chi connectivity index (χ2v) is 6.30. The quantitative estimate of drug-likeness (QED) is 0.910. The molecule has 0 amide bonds. The van der Waals surface area contributed by atoms with Crippen molar-refractivity contribution in [1.29, 1.82) is 0 Å². The maximum Gasteiger partial charge on any atom is 0.131 e. The van der Waals surface area contributed by atoms with Gasteiger partial charge >= 0.3 is 0 Å². The van der Waals surface area contributed by atoms with Gasteiger partial charge in [0.15, 0.2) is 0 Å². The van der Waals surface area contributed by atoms with Crippen LogP contribution >= 0.6 is 0 Å². The van der Waals surface area contributed by atoms with Crippen LogP contribution in [0, 0.1) is 6.92 Å². The molecule has 110 valence electrons. The van der Waals surface area contributed by atoms with E-state index in [-0.39, 0.29) is 0 Å². The number of hydrogen-bond acceptors (Lipinski definition) is 4. The molecule has 4 heteroatoms. The molecule has 1 aromatic heterocycles. The zero-order chi connectivity index (χ0) is 14.1. The van der Waals surface area contributed by atoms with Crippen LogP contribution in [0.4, 0.5) is 5.82 Å². The van der Waals surface area contributed by atoms with Crippen molar-refractivity contribution in [3.63, 3.8) is 0 Å². The molecule has 2 atom stereocenters. The number of rotatable bonds is 3. The molecule has 0 aromatic carbocycles. The summed E-state index contributed by atoms with van der Waals surface area (Å²) in [4.78, 5) is 9.83. The topological polar surface area (TPSA) is 31.4 Å². The fraction of sp³-hybridized carbons (Fsp3) is 0.688. The molecule has 1 aromatic rings. The van der Waals surface area contributed by atoms with Gasteiger partial charge in [0.2, 0.25) is 0 Å². The van der Waals surface area contributed by atoms with Gasteiger partial charge in [0, 0.05) is 37.9 Å². The average molecular weight is 274 g/mol. The number of hydrogen-bond donors (Lipinski definition) is 1. The highest BCUT2D eigenvalue weighted by Gasteiger charge is 2.35. The van der Waals surface area contributed by atoms with E-state index in [1.54, 1.807) is 0 Å². The van der Waals surface area contributed by atoms with Crippen molar-refractivity contribution in [1.82, 2.24) is 15.2 Å². The van der Waals surface area contributed by atoms with Gasteiger partial charge < -0.3 is 10.2 Å². The number of nitrogens with zero attached hydrogens (tertiary/aromatic N) is 3. The molecule has 2 fully saturated rings. The van der Waals surface area contributed by atoms with Gasteiger partial charge in [-0.15, -0.1) is 0 Å².